The molecule has 12 aromatic rings. The van der Waals surface area contributed by atoms with E-state index in [9.17, 15) is 0 Å². The van der Waals surface area contributed by atoms with Crippen LogP contribution in [0.5, 0.6) is 0 Å². The Kier molecular flexibility index (Phi) is 7.26. The maximum Gasteiger partial charge on any atom is 0.0541 e. The number of hydrogen-bond donors (Lipinski definition) is 0. The maximum absolute atomic E-state index is 2.44. The van der Waals surface area contributed by atoms with Crippen LogP contribution < -0.4 is 0 Å². The monoisotopic (exact) mass is 736 g/mol. The van der Waals surface area contributed by atoms with Crippen molar-refractivity contribution < 1.29 is 0 Å². The van der Waals surface area contributed by atoms with Gasteiger partial charge in [0.1, 0.15) is 0 Å². The average Bonchev–Trinajstić information content (AvgIpc) is 3.81. The summed E-state index contributed by atoms with van der Waals surface area (Å²) in [5.41, 5.74) is 14.5. The molecular formula is C56H36N2. The minimum atomic E-state index is 1.15. The van der Waals surface area contributed by atoms with Gasteiger partial charge in [0.2, 0.25) is 0 Å². The fraction of sp³-hybridized carbons (Fsp3) is 0. The summed E-state index contributed by atoms with van der Waals surface area (Å²) in [5, 5.41) is 10.0. The summed E-state index contributed by atoms with van der Waals surface area (Å²) in [6.45, 7) is 0. The molecule has 0 saturated carbocycles. The Hall–Kier alpha value is -7.68. The second kappa shape index (κ2) is 12.9. The minimum absolute atomic E-state index is 1.15. The summed E-state index contributed by atoms with van der Waals surface area (Å²) >= 11 is 0. The number of rotatable bonds is 5. The second-order valence-corrected chi connectivity index (χ2v) is 15.3. The Morgan fingerprint density at radius 3 is 1.12 bits per heavy atom. The van der Waals surface area contributed by atoms with E-state index < -0.39 is 0 Å². The highest BCUT2D eigenvalue weighted by atomic mass is 15.0. The van der Waals surface area contributed by atoms with Gasteiger partial charge in [-0.05, 0) is 116 Å². The lowest BCUT2D eigenvalue weighted by Crippen LogP contribution is -1.95. The third-order valence-corrected chi connectivity index (χ3v) is 12.1. The van der Waals surface area contributed by atoms with Gasteiger partial charge in [-0.1, -0.05) is 158 Å². The number of fused-ring (bicyclic) bond motifs is 8. The van der Waals surface area contributed by atoms with Crippen LogP contribution >= 0.6 is 0 Å². The van der Waals surface area contributed by atoms with Gasteiger partial charge in [-0.25, -0.2) is 0 Å². The van der Waals surface area contributed by atoms with Gasteiger partial charge >= 0.3 is 0 Å². The van der Waals surface area contributed by atoms with Gasteiger partial charge in [0.05, 0.1) is 22.1 Å². The molecule has 12 rings (SSSR count). The van der Waals surface area contributed by atoms with Crippen LogP contribution in [0.2, 0.25) is 0 Å². The highest BCUT2D eigenvalue weighted by Gasteiger charge is 2.19. The molecule has 0 amide bonds. The van der Waals surface area contributed by atoms with E-state index in [1.165, 1.54) is 104 Å². The summed E-state index contributed by atoms with van der Waals surface area (Å²) in [4.78, 5) is 0. The third kappa shape index (κ3) is 4.92. The number of para-hydroxylation sites is 3. The molecule has 58 heavy (non-hydrogen) atoms. The number of aromatic nitrogens is 2. The third-order valence-electron chi connectivity index (χ3n) is 12.1. The molecule has 0 aliphatic rings. The zero-order valence-corrected chi connectivity index (χ0v) is 31.7. The van der Waals surface area contributed by atoms with Crippen LogP contribution in [-0.2, 0) is 0 Å². The van der Waals surface area contributed by atoms with Crippen molar-refractivity contribution in [3.63, 3.8) is 0 Å². The molecule has 0 N–H and O–H groups in total. The van der Waals surface area contributed by atoms with Crippen molar-refractivity contribution in [1.29, 1.82) is 0 Å². The van der Waals surface area contributed by atoms with E-state index in [1.807, 2.05) is 0 Å². The lowest BCUT2D eigenvalue weighted by molar-refractivity contribution is 1.18. The first-order valence-corrected chi connectivity index (χ1v) is 20.0. The summed E-state index contributed by atoms with van der Waals surface area (Å²) in [7, 11) is 0. The first-order chi connectivity index (χ1) is 28.8. The van der Waals surface area contributed by atoms with Crippen molar-refractivity contribution in [1.82, 2.24) is 9.13 Å². The zero-order valence-electron chi connectivity index (χ0n) is 31.7. The van der Waals surface area contributed by atoms with E-state index in [0.29, 0.717) is 0 Å². The smallest absolute Gasteiger partial charge is 0.0541 e. The summed E-state index contributed by atoms with van der Waals surface area (Å²) < 4.78 is 4.82. The van der Waals surface area contributed by atoms with Crippen LogP contribution in [0.25, 0.3) is 110 Å². The van der Waals surface area contributed by atoms with E-state index >= 15 is 0 Å². The molecule has 10 aromatic carbocycles. The van der Waals surface area contributed by atoms with E-state index in [0.717, 1.165) is 5.69 Å². The zero-order chi connectivity index (χ0) is 38.2. The predicted octanol–water partition coefficient (Wildman–Crippen LogP) is 15.2. The van der Waals surface area contributed by atoms with Crippen molar-refractivity contribution >= 4 is 65.2 Å². The molecule has 2 heterocycles. The molecular weight excluding hydrogens is 701 g/mol. The van der Waals surface area contributed by atoms with Gasteiger partial charge < -0.3 is 9.13 Å². The van der Waals surface area contributed by atoms with Gasteiger partial charge in [-0.2, -0.15) is 0 Å². The fourth-order valence-electron chi connectivity index (χ4n) is 9.59. The van der Waals surface area contributed by atoms with Crippen LogP contribution in [-0.4, -0.2) is 9.13 Å². The molecule has 2 nitrogen and oxygen atoms in total. The van der Waals surface area contributed by atoms with Crippen LogP contribution in [0.3, 0.4) is 0 Å². The van der Waals surface area contributed by atoms with Gasteiger partial charge in [0, 0.05) is 32.9 Å². The van der Waals surface area contributed by atoms with Crippen LogP contribution in [0, 0.1) is 0 Å². The van der Waals surface area contributed by atoms with E-state index in [2.05, 4.69) is 228 Å². The number of nitrogens with zero attached hydrogens (tertiary/aromatic N) is 2. The summed E-state index contributed by atoms with van der Waals surface area (Å²) in [6.07, 6.45) is 0. The summed E-state index contributed by atoms with van der Waals surface area (Å²) in [6, 6.07) is 79.9. The van der Waals surface area contributed by atoms with Crippen molar-refractivity contribution in [2.45, 2.75) is 0 Å². The largest absolute Gasteiger partial charge is 0.309 e. The van der Waals surface area contributed by atoms with E-state index in [4.69, 9.17) is 0 Å². The van der Waals surface area contributed by atoms with Crippen LogP contribution in [0.1, 0.15) is 0 Å². The normalized spacial score (nSPS) is 11.8. The number of benzene rings is 10. The van der Waals surface area contributed by atoms with E-state index in [-0.39, 0.29) is 0 Å². The van der Waals surface area contributed by atoms with Gasteiger partial charge in [0.15, 0.2) is 0 Å². The first kappa shape index (κ1) is 32.6. The molecule has 2 heteroatoms. The molecule has 0 bridgehead atoms. The molecule has 0 radical (unpaired) electrons. The molecule has 0 atom stereocenters. The minimum Gasteiger partial charge on any atom is -0.309 e. The Morgan fingerprint density at radius 2 is 0.586 bits per heavy atom. The second-order valence-electron chi connectivity index (χ2n) is 15.3. The summed E-state index contributed by atoms with van der Waals surface area (Å²) in [5.74, 6) is 0. The standard InChI is InChI=1S/C56H36N2/c1-3-16-37(17-4-1)55-45-24-7-9-26-47(45)56(48-27-10-8-25-46(48)55)40-18-15-21-42(34-40)58-52-29-14-12-23-44(52)50-36-39(31-33-54(50)58)38-30-32-53-49(35-38)43-22-11-13-28-51(43)57(53)41-19-5-2-6-20-41/h1-36H. The van der Waals surface area contributed by atoms with Gasteiger partial charge in [-0.3, -0.25) is 0 Å². The SMILES string of the molecule is c1ccc(-c2c3ccccc3c(-c3cccc(-n4c5ccccc5c5cc(-c6ccc7c(c6)c6ccccc6n7-c6ccccc6)ccc54)c3)c3ccccc23)cc1. The molecule has 270 valence electrons. The maximum atomic E-state index is 2.44. The van der Waals surface area contributed by atoms with Crippen LogP contribution in [0.4, 0.5) is 0 Å². The Morgan fingerprint density at radius 1 is 0.207 bits per heavy atom. The Balaban J connectivity index is 1.03. The topological polar surface area (TPSA) is 9.86 Å². The van der Waals surface area contributed by atoms with Gasteiger partial charge in [0.25, 0.3) is 0 Å². The van der Waals surface area contributed by atoms with Crippen molar-refractivity contribution in [2.75, 3.05) is 0 Å². The molecule has 0 spiro atoms. The molecule has 0 aliphatic carbocycles. The number of hydrogen-bond acceptors (Lipinski definition) is 0. The van der Waals surface area contributed by atoms with Crippen molar-refractivity contribution in [2.24, 2.45) is 0 Å². The molecule has 2 aromatic heterocycles. The van der Waals surface area contributed by atoms with Crippen molar-refractivity contribution in [3.05, 3.63) is 218 Å². The van der Waals surface area contributed by atoms with E-state index in [1.54, 1.807) is 0 Å². The molecule has 0 saturated heterocycles. The molecule has 0 unspecified atom stereocenters. The van der Waals surface area contributed by atoms with Gasteiger partial charge in [-0.15, -0.1) is 0 Å². The highest BCUT2D eigenvalue weighted by molar-refractivity contribution is 6.21. The quantitative estimate of drug-likeness (QED) is 0.156. The highest BCUT2D eigenvalue weighted by Crippen LogP contribution is 2.45. The lowest BCUT2D eigenvalue weighted by Gasteiger charge is -2.18. The van der Waals surface area contributed by atoms with Crippen LogP contribution in [0.15, 0.2) is 218 Å². The Labute approximate surface area is 336 Å². The van der Waals surface area contributed by atoms with Crippen molar-refractivity contribution in [3.8, 4) is 44.8 Å². The Bertz CT molecular complexity index is 3490. The average molecular weight is 737 g/mol. The molecule has 0 aliphatic heterocycles. The fourth-order valence-corrected chi connectivity index (χ4v) is 9.59. The first-order valence-electron chi connectivity index (χ1n) is 20.0. The molecule has 0 fully saturated rings. The predicted molar refractivity (Wildman–Crippen MR) is 246 cm³/mol. The lowest BCUT2D eigenvalue weighted by atomic mass is 9.86.